The highest BCUT2D eigenvalue weighted by molar-refractivity contribution is 7.25. The molecule has 5 aromatic rings. The number of phenolic OH excluding ortho intramolecular Hbond substituents is 1. The van der Waals surface area contributed by atoms with Crippen LogP contribution in [0.3, 0.4) is 0 Å². The molecule has 27 nitrogen and oxygen atoms in total. The molecule has 558 valence electrons. The van der Waals surface area contributed by atoms with Crippen LogP contribution in [-0.2, 0) is 49.6 Å². The number of amides is 8. The number of hydrogen-bond acceptors (Lipinski definition) is 21. The lowest BCUT2D eigenvalue weighted by atomic mass is 9.78. The number of nitrogens with zero attached hydrogens (tertiary/aromatic N) is 3. The van der Waals surface area contributed by atoms with E-state index in [2.05, 4.69) is 31.5 Å². The predicted molar refractivity (Wildman–Crippen MR) is 393 cm³/mol. The second-order valence-electron chi connectivity index (χ2n) is 28.0. The second kappa shape index (κ2) is 34.3. The molecule has 1 aromatic heterocycles. The number of fused-ring (bicyclic) bond motifs is 2. The number of primary amides is 1. The van der Waals surface area contributed by atoms with Gasteiger partial charge in [-0.25, -0.2) is 14.6 Å². The topological polar surface area (TPSA) is 394 Å². The van der Waals surface area contributed by atoms with Gasteiger partial charge in [0.1, 0.15) is 18.0 Å². The molecule has 4 aliphatic heterocycles. The smallest absolute Gasteiger partial charge is 0.407 e. The minimum absolute atomic E-state index is 0.0120. The molecule has 11 N–H and O–H groups in total. The minimum atomic E-state index is -2.06. The van der Waals surface area contributed by atoms with E-state index in [4.69, 9.17) is 29.7 Å². The third kappa shape index (κ3) is 18.1. The molecule has 1 fully saturated rings. The van der Waals surface area contributed by atoms with Gasteiger partial charge in [-0.2, -0.15) is 0 Å². The van der Waals surface area contributed by atoms with Crippen LogP contribution >= 0.6 is 11.3 Å². The van der Waals surface area contributed by atoms with E-state index in [1.54, 1.807) is 91.0 Å². The van der Waals surface area contributed by atoms with Crippen molar-refractivity contribution in [2.24, 2.45) is 41.2 Å². The van der Waals surface area contributed by atoms with Crippen molar-refractivity contribution in [2.75, 3.05) is 48.8 Å². The summed E-state index contributed by atoms with van der Waals surface area (Å²) in [6, 6.07) is 10.4. The molecule has 0 radical (unpaired) electrons. The Balaban J connectivity index is 0.862. The standard InChI is InChI=1S/C76H95N9O18S/c1-39(2)61(82-55(87)19-12-11-13-32-85-56(88)26-27-57(85)89)52(86)36-47(18-15-31-78-74(77)98)73(97)79-48-22-20-46(21-23-48)38-101-75(99)80-49-28-33-84(34-29-49)50-24-25-51-54(37-50)104-70-62(81-51)58-59-67(93)45(8)69-60(58)71(95)76(9,103-69)102-35-30-53(100-10)42(5)65(91)44(7)66(92)43(6)64(90)40(3)16-14-17-41(4)72(96)83-63(70)68(59)94/h14,16-17,20-27,30,35,37,39-40,42-44,47,49,53,61,64-66,90-92,94H,11-13,15,18-19,28-29,31-34,36,38H2,1-10H3,(H,79,97)(H,80,99)(H,82,87)(H,83,96)(H3,77,78,98)/b16-14+,35-30+,41-17-/t40-,42+,43+,44-,47+,53-,61-,64-,65+,66+,76-/m0/s1. The van der Waals surface area contributed by atoms with Gasteiger partial charge < -0.3 is 76.6 Å². The van der Waals surface area contributed by atoms with Crippen molar-refractivity contribution in [1.29, 1.82) is 0 Å². The average molecular weight is 1450 g/mol. The molecule has 0 saturated carbocycles. The molecule has 5 heterocycles. The van der Waals surface area contributed by atoms with Crippen LogP contribution in [0.15, 0.2) is 95.6 Å². The number of ketones is 2. The number of aliphatic hydroxyl groups is 3. The van der Waals surface area contributed by atoms with Crippen molar-refractivity contribution in [3.8, 4) is 11.5 Å². The van der Waals surface area contributed by atoms with Gasteiger partial charge in [0, 0.05) is 129 Å². The molecule has 4 bridgehead atoms. The largest absolute Gasteiger partial charge is 0.505 e. The fourth-order valence-electron chi connectivity index (χ4n) is 13.7. The molecule has 104 heavy (non-hydrogen) atoms. The third-order valence-corrected chi connectivity index (χ3v) is 21.3. The van der Waals surface area contributed by atoms with Gasteiger partial charge in [0.15, 0.2) is 17.0 Å². The number of nitrogens with two attached hydrogens (primary N) is 1. The molecule has 8 amide bonds. The molecular weight excluding hydrogens is 1360 g/mol. The van der Waals surface area contributed by atoms with Crippen LogP contribution in [0.4, 0.5) is 26.7 Å². The first-order valence-electron chi connectivity index (χ1n) is 35.3. The van der Waals surface area contributed by atoms with Gasteiger partial charge in [0.05, 0.1) is 68.1 Å². The molecule has 0 spiro atoms. The molecule has 0 unspecified atom stereocenters. The summed E-state index contributed by atoms with van der Waals surface area (Å²) in [6.07, 6.45) is 8.27. The van der Waals surface area contributed by atoms with Crippen LogP contribution in [0, 0.1) is 42.4 Å². The Morgan fingerprint density at radius 1 is 0.865 bits per heavy atom. The van der Waals surface area contributed by atoms with E-state index in [9.17, 15) is 68.4 Å². The number of alkyl carbamates (subject to hydrolysis) is 1. The lowest BCUT2D eigenvalue weighted by Crippen LogP contribution is -2.45. The van der Waals surface area contributed by atoms with Gasteiger partial charge in [-0.05, 0) is 100 Å². The van der Waals surface area contributed by atoms with Crippen molar-refractivity contribution < 1.29 is 82.5 Å². The summed E-state index contributed by atoms with van der Waals surface area (Å²) in [5.41, 5.74) is 6.96. The Hall–Kier alpha value is -9.61. The van der Waals surface area contributed by atoms with Crippen molar-refractivity contribution in [3.05, 3.63) is 118 Å². The maximum Gasteiger partial charge on any atom is 0.407 e. The van der Waals surface area contributed by atoms with Gasteiger partial charge in [-0.1, -0.05) is 78.3 Å². The summed E-state index contributed by atoms with van der Waals surface area (Å²) in [5.74, 6) is -9.71. The zero-order valence-electron chi connectivity index (χ0n) is 60.2. The van der Waals surface area contributed by atoms with E-state index in [-0.39, 0.29) is 124 Å². The van der Waals surface area contributed by atoms with E-state index in [0.29, 0.717) is 73.1 Å². The summed E-state index contributed by atoms with van der Waals surface area (Å²) < 4.78 is 24.6. The Bertz CT molecular complexity index is 4280. The maximum absolute atomic E-state index is 15.0. The normalized spacial score (nSPS) is 24.4. The number of carbonyl (C=O) groups is 9. The summed E-state index contributed by atoms with van der Waals surface area (Å²) in [6.45, 7) is 16.2. The molecule has 9 rings (SSSR count). The zero-order chi connectivity index (χ0) is 75.6. The van der Waals surface area contributed by atoms with Crippen LogP contribution in [0.5, 0.6) is 11.5 Å². The van der Waals surface area contributed by atoms with Crippen molar-refractivity contribution in [3.63, 3.8) is 0 Å². The highest BCUT2D eigenvalue weighted by atomic mass is 32.1. The number of nitrogens with one attached hydrogen (secondary N) is 5. The average Bonchev–Trinajstić information content (AvgIpc) is 1.47. The van der Waals surface area contributed by atoms with Crippen LogP contribution in [-0.4, -0.2) is 159 Å². The van der Waals surface area contributed by atoms with E-state index in [1.807, 2.05) is 12.1 Å². The highest BCUT2D eigenvalue weighted by Crippen LogP contribution is 2.50. The van der Waals surface area contributed by atoms with E-state index in [0.717, 1.165) is 10.6 Å². The lowest BCUT2D eigenvalue weighted by Gasteiger charge is -2.36. The molecular formula is C76H95N9O18S. The fraction of sp³-hybridized carbons (Fsp3) is 0.487. The number of imide groups is 1. The number of phenols is 1. The van der Waals surface area contributed by atoms with Crippen LogP contribution in [0.2, 0.25) is 0 Å². The van der Waals surface area contributed by atoms with E-state index >= 15 is 0 Å². The monoisotopic (exact) mass is 1450 g/mol. The number of aromatic nitrogens is 1. The predicted octanol–water partition coefficient (Wildman–Crippen LogP) is 8.38. The SMILES string of the molecule is CO[C@H]1/C=C/O[C@@]2(C)Oc3c(C)c(=O)c4c(O)c(c5sc6cc(N7CCC(NC(=O)OCc8ccc(NC(=O)[C@H](CCCNC(N)=O)CC(=O)[C@@H](NC(=O)CCCCCN9C(=O)C=CC9=O)C(C)C)cc8)CC7)ccc6nc5c4c3C2=O)NC(=O)/C(C)=C\C=C\[C@H](C)[C@H](O)[C@@H](C)[C@@H](O)[C@@H](C)[C@H](O)[C@@H]1C. The first kappa shape index (κ1) is 78.5. The number of aliphatic hydroxyl groups excluding tert-OH is 3. The van der Waals surface area contributed by atoms with Crippen LogP contribution in [0.25, 0.3) is 31.2 Å². The summed E-state index contributed by atoms with van der Waals surface area (Å²) >= 11 is 1.17. The Morgan fingerprint density at radius 3 is 2.22 bits per heavy atom. The first-order chi connectivity index (χ1) is 49.4. The van der Waals surface area contributed by atoms with Crippen molar-refractivity contribution in [2.45, 2.75) is 169 Å². The number of anilines is 3. The molecule has 11 atom stereocenters. The lowest BCUT2D eigenvalue weighted by molar-refractivity contribution is -0.137. The number of hydrogen-bond donors (Lipinski definition) is 10. The van der Waals surface area contributed by atoms with Gasteiger partial charge >= 0.3 is 17.9 Å². The summed E-state index contributed by atoms with van der Waals surface area (Å²) in [7, 11) is 1.44. The number of rotatable bonds is 22. The van der Waals surface area contributed by atoms with Crippen LogP contribution in [0.1, 0.15) is 135 Å². The molecule has 0 aliphatic carbocycles. The molecule has 4 aliphatic rings. The number of methoxy groups -OCH3 is 1. The number of aromatic hydroxyl groups is 1. The number of carbonyl (C=O) groups excluding carboxylic acids is 9. The number of Topliss-reactive ketones (excluding diaryl/α,β-unsaturated/α-hetero) is 2. The van der Waals surface area contributed by atoms with E-state index < -0.39 is 107 Å². The fourth-order valence-corrected chi connectivity index (χ4v) is 14.8. The second-order valence-corrected chi connectivity index (χ2v) is 29.1. The number of ether oxygens (including phenoxy) is 4. The Morgan fingerprint density at radius 2 is 1.55 bits per heavy atom. The minimum Gasteiger partial charge on any atom is -0.505 e. The first-order valence-corrected chi connectivity index (χ1v) is 36.1. The van der Waals surface area contributed by atoms with Gasteiger partial charge in [0.2, 0.25) is 11.8 Å². The van der Waals surface area contributed by atoms with Crippen LogP contribution < -0.4 is 47.4 Å². The third-order valence-electron chi connectivity index (χ3n) is 20.2. The van der Waals surface area contributed by atoms with Gasteiger partial charge in [-0.3, -0.25) is 43.3 Å². The Kier molecular flexibility index (Phi) is 25.9. The summed E-state index contributed by atoms with van der Waals surface area (Å²) in [4.78, 5) is 141. The number of benzene rings is 4. The molecule has 4 aromatic carbocycles. The Labute approximate surface area is 606 Å². The van der Waals surface area contributed by atoms with E-state index in [1.165, 1.54) is 62.9 Å². The quantitative estimate of drug-likeness (QED) is 0.0102. The molecule has 1 saturated heterocycles. The molecule has 28 heteroatoms. The number of unbranched alkanes of at least 4 members (excludes halogenated alkanes) is 2. The van der Waals surface area contributed by atoms with Gasteiger partial charge in [0.25, 0.3) is 23.5 Å². The zero-order valence-corrected chi connectivity index (χ0v) is 61.1. The van der Waals surface area contributed by atoms with Gasteiger partial charge in [-0.15, -0.1) is 11.3 Å². The van der Waals surface area contributed by atoms with Crippen molar-refractivity contribution >= 4 is 113 Å². The number of piperidine rings is 1. The highest BCUT2D eigenvalue weighted by Gasteiger charge is 2.50. The van der Waals surface area contributed by atoms with Crippen molar-refractivity contribution in [1.82, 2.24) is 25.8 Å². The number of urea groups is 1. The maximum atomic E-state index is 15.0. The summed E-state index contributed by atoms with van der Waals surface area (Å²) in [5, 5.41) is 60.6. The number of allylic oxidation sites excluding steroid dienone is 2.